The van der Waals surface area contributed by atoms with Gasteiger partial charge in [-0.2, -0.15) is 0 Å². The Kier molecular flexibility index (Phi) is 37.6. The van der Waals surface area contributed by atoms with Gasteiger partial charge in [-0.15, -0.1) is 0 Å². The Labute approximate surface area is 359 Å². The van der Waals surface area contributed by atoms with E-state index >= 15 is 0 Å². The Morgan fingerprint density at radius 2 is 0.949 bits per heavy atom. The van der Waals surface area contributed by atoms with Gasteiger partial charge in [-0.25, -0.2) is 4.79 Å². The standard InChI is InChI=1S/C51H79NO7/c1-6-8-10-12-14-16-18-20-22-24-26-27-29-31-33-35-37-39-41-49(53)58-46-47(45-57-44-43-48(51(55)56)52(3,4)5)59-50(54)42-40-38-36-34-32-30-28-25-23-21-19-17-15-13-11-9-7-2/h9,11,13-28,30,32,47-48H,6-8,10,12,29,31,33-46H2,1-5H3/p+1/b11-9+,15-13+,16-14+,19-17+,20-18+,23-21+,24-22+,27-26+,28-25+,32-30+. The summed E-state index contributed by atoms with van der Waals surface area (Å²) in [7, 11) is 5.48. The lowest BCUT2D eigenvalue weighted by Gasteiger charge is -2.31. The number of carboxylic acids is 1. The fourth-order valence-corrected chi connectivity index (χ4v) is 5.66. The van der Waals surface area contributed by atoms with Gasteiger partial charge in [0.25, 0.3) is 0 Å². The predicted molar refractivity (Wildman–Crippen MR) is 247 cm³/mol. The highest BCUT2D eigenvalue weighted by molar-refractivity contribution is 5.72. The number of allylic oxidation sites excluding steroid dienone is 20. The van der Waals surface area contributed by atoms with E-state index in [4.69, 9.17) is 14.2 Å². The minimum absolute atomic E-state index is 0.0253. The molecule has 0 spiro atoms. The van der Waals surface area contributed by atoms with Crippen LogP contribution in [0, 0.1) is 0 Å². The van der Waals surface area contributed by atoms with Crippen LogP contribution in [0.4, 0.5) is 0 Å². The number of likely N-dealkylation sites (N-methyl/N-ethyl adjacent to an activating group) is 1. The largest absolute Gasteiger partial charge is 0.477 e. The molecular formula is C51H80NO7+. The van der Waals surface area contributed by atoms with Crippen molar-refractivity contribution < 1.29 is 38.2 Å². The molecule has 0 aromatic rings. The lowest BCUT2D eigenvalue weighted by atomic mass is 10.1. The van der Waals surface area contributed by atoms with Crippen molar-refractivity contribution in [2.45, 2.75) is 142 Å². The number of hydrogen-bond donors (Lipinski definition) is 1. The van der Waals surface area contributed by atoms with Gasteiger partial charge in [0.15, 0.2) is 12.1 Å². The zero-order valence-corrected chi connectivity index (χ0v) is 37.4. The Morgan fingerprint density at radius 1 is 0.525 bits per heavy atom. The molecule has 1 N–H and O–H groups in total. The van der Waals surface area contributed by atoms with Crippen LogP contribution < -0.4 is 0 Å². The van der Waals surface area contributed by atoms with Gasteiger partial charge >= 0.3 is 17.9 Å². The van der Waals surface area contributed by atoms with Crippen LogP contribution >= 0.6 is 0 Å². The highest BCUT2D eigenvalue weighted by atomic mass is 16.6. The highest BCUT2D eigenvalue weighted by Crippen LogP contribution is 2.12. The SMILES string of the molecule is CC/C=C/C=C/C=C/C=C/C=C/C=C/CCCCCC(=O)OC(COCCC(C(=O)O)[N+](C)(C)C)COC(=O)CCCCCCC/C=C/C=C/C=C/C=C/CCCCC. The van der Waals surface area contributed by atoms with E-state index in [-0.39, 0.29) is 42.7 Å². The lowest BCUT2D eigenvalue weighted by Crippen LogP contribution is -2.50. The smallest absolute Gasteiger partial charge is 0.362 e. The molecular weight excluding hydrogens is 739 g/mol. The van der Waals surface area contributed by atoms with Gasteiger partial charge in [0.2, 0.25) is 0 Å². The maximum atomic E-state index is 12.7. The van der Waals surface area contributed by atoms with Crippen LogP contribution in [0.25, 0.3) is 0 Å². The molecule has 0 amide bonds. The van der Waals surface area contributed by atoms with Gasteiger partial charge in [0.05, 0.1) is 34.4 Å². The Morgan fingerprint density at radius 3 is 1.42 bits per heavy atom. The van der Waals surface area contributed by atoms with Gasteiger partial charge in [-0.05, 0) is 57.8 Å². The lowest BCUT2D eigenvalue weighted by molar-refractivity contribution is -0.887. The summed E-state index contributed by atoms with van der Waals surface area (Å²) in [4.78, 5) is 37.0. The second-order valence-corrected chi connectivity index (χ2v) is 15.5. The Bertz CT molecular complexity index is 1370. The first-order valence-electron chi connectivity index (χ1n) is 22.2. The molecule has 0 saturated heterocycles. The van der Waals surface area contributed by atoms with Crippen LogP contribution in [0.15, 0.2) is 122 Å². The molecule has 59 heavy (non-hydrogen) atoms. The van der Waals surface area contributed by atoms with Crippen LogP contribution in [0.1, 0.15) is 129 Å². The number of esters is 2. The Balaban J connectivity index is 4.53. The summed E-state index contributed by atoms with van der Waals surface area (Å²) in [5.74, 6) is -1.58. The molecule has 0 aliphatic carbocycles. The second-order valence-electron chi connectivity index (χ2n) is 15.5. The number of unbranched alkanes of at least 4 members (excludes halogenated alkanes) is 11. The van der Waals surface area contributed by atoms with Crippen molar-refractivity contribution in [3.05, 3.63) is 122 Å². The van der Waals surface area contributed by atoms with Crippen LogP contribution in [-0.2, 0) is 28.6 Å². The van der Waals surface area contributed by atoms with Gasteiger partial charge in [-0.3, -0.25) is 9.59 Å². The molecule has 0 fully saturated rings. The molecule has 8 heteroatoms. The molecule has 0 aromatic heterocycles. The van der Waals surface area contributed by atoms with Crippen molar-refractivity contribution in [1.82, 2.24) is 0 Å². The molecule has 2 unspecified atom stereocenters. The van der Waals surface area contributed by atoms with Crippen molar-refractivity contribution in [2.75, 3.05) is 41.0 Å². The first-order valence-corrected chi connectivity index (χ1v) is 22.2. The Hall–Kier alpha value is -4.27. The molecule has 2 atom stereocenters. The van der Waals surface area contributed by atoms with E-state index in [1.807, 2.05) is 88.0 Å². The third kappa shape index (κ3) is 39.0. The summed E-state index contributed by atoms with van der Waals surface area (Å²) in [6, 6.07) is -0.636. The maximum Gasteiger partial charge on any atom is 0.362 e. The normalized spacial score (nSPS) is 14.1. The van der Waals surface area contributed by atoms with E-state index in [0.717, 1.165) is 70.6 Å². The van der Waals surface area contributed by atoms with E-state index in [9.17, 15) is 19.5 Å². The minimum Gasteiger partial charge on any atom is -0.477 e. The second kappa shape index (κ2) is 40.5. The molecule has 0 bridgehead atoms. The van der Waals surface area contributed by atoms with Gasteiger partial charge in [0, 0.05) is 19.3 Å². The zero-order chi connectivity index (χ0) is 43.5. The van der Waals surface area contributed by atoms with E-state index < -0.39 is 18.1 Å². The average Bonchev–Trinajstić information content (AvgIpc) is 3.19. The van der Waals surface area contributed by atoms with Crippen molar-refractivity contribution in [1.29, 1.82) is 0 Å². The third-order valence-electron chi connectivity index (χ3n) is 9.10. The highest BCUT2D eigenvalue weighted by Gasteiger charge is 2.31. The minimum atomic E-state index is -0.893. The summed E-state index contributed by atoms with van der Waals surface area (Å²) in [6.45, 7) is 4.44. The molecule has 0 aliphatic heterocycles. The average molecular weight is 819 g/mol. The van der Waals surface area contributed by atoms with E-state index in [1.165, 1.54) is 19.3 Å². The van der Waals surface area contributed by atoms with Crippen LogP contribution in [-0.4, -0.2) is 80.6 Å². The maximum absolute atomic E-state index is 12.7. The molecule has 0 aliphatic rings. The van der Waals surface area contributed by atoms with Crippen molar-refractivity contribution >= 4 is 17.9 Å². The molecule has 0 rings (SSSR count). The van der Waals surface area contributed by atoms with Gasteiger partial charge < -0.3 is 23.8 Å². The molecule has 8 nitrogen and oxygen atoms in total. The zero-order valence-electron chi connectivity index (χ0n) is 37.4. The first kappa shape index (κ1) is 54.7. The van der Waals surface area contributed by atoms with Crippen molar-refractivity contribution in [3.63, 3.8) is 0 Å². The van der Waals surface area contributed by atoms with Crippen LogP contribution in [0.2, 0.25) is 0 Å². The number of carbonyl (C=O) groups excluding carboxylic acids is 2. The summed E-state index contributed by atoms with van der Waals surface area (Å²) in [5.41, 5.74) is 0. The summed E-state index contributed by atoms with van der Waals surface area (Å²) >= 11 is 0. The quantitative estimate of drug-likeness (QED) is 0.0288. The summed E-state index contributed by atoms with van der Waals surface area (Å²) in [6.07, 6.45) is 56.6. The number of ether oxygens (including phenoxy) is 3. The van der Waals surface area contributed by atoms with Gasteiger partial charge in [-0.1, -0.05) is 174 Å². The first-order chi connectivity index (χ1) is 28.6. The fraction of sp³-hybridized carbons (Fsp3) is 0.549. The van der Waals surface area contributed by atoms with Crippen molar-refractivity contribution in [2.24, 2.45) is 0 Å². The molecule has 330 valence electrons. The van der Waals surface area contributed by atoms with Crippen molar-refractivity contribution in [3.8, 4) is 0 Å². The topological polar surface area (TPSA) is 99.1 Å². The van der Waals surface area contributed by atoms with Crippen LogP contribution in [0.5, 0.6) is 0 Å². The number of rotatable bonds is 37. The number of nitrogens with zero attached hydrogens (tertiary/aromatic N) is 1. The number of carbonyl (C=O) groups is 3. The number of aliphatic carboxylic acids is 1. The number of carboxylic acid groups (broad SMARTS) is 1. The number of quaternary nitrogens is 1. The molecule has 0 aromatic carbocycles. The van der Waals surface area contributed by atoms with Gasteiger partial charge in [0.1, 0.15) is 6.61 Å². The predicted octanol–water partition coefficient (Wildman–Crippen LogP) is 12.2. The summed E-state index contributed by atoms with van der Waals surface area (Å²) < 4.78 is 17.2. The van der Waals surface area contributed by atoms with E-state index in [1.54, 1.807) is 0 Å². The fourth-order valence-electron chi connectivity index (χ4n) is 5.66. The monoisotopic (exact) mass is 819 g/mol. The molecule has 0 heterocycles. The van der Waals surface area contributed by atoms with E-state index in [0.29, 0.717) is 19.3 Å². The molecule has 0 saturated carbocycles. The molecule has 0 radical (unpaired) electrons. The summed E-state index contributed by atoms with van der Waals surface area (Å²) in [5, 5.41) is 9.62. The number of hydrogen-bond acceptors (Lipinski definition) is 6. The third-order valence-corrected chi connectivity index (χ3v) is 9.10. The van der Waals surface area contributed by atoms with E-state index in [2.05, 4.69) is 68.5 Å². The van der Waals surface area contributed by atoms with Crippen LogP contribution in [0.3, 0.4) is 0 Å².